The number of hydrogen-bond acceptors (Lipinski definition) is 4. The van der Waals surface area contributed by atoms with E-state index in [9.17, 15) is 9.59 Å². The van der Waals surface area contributed by atoms with Crippen LogP contribution in [-0.2, 0) is 22.6 Å². The lowest BCUT2D eigenvalue weighted by Crippen LogP contribution is -2.51. The van der Waals surface area contributed by atoms with Gasteiger partial charge in [0.25, 0.3) is 5.91 Å². The smallest absolute Gasteiger partial charge is 0.261 e. The van der Waals surface area contributed by atoms with Gasteiger partial charge in [0, 0.05) is 24.0 Å². The molecule has 2 amide bonds. The summed E-state index contributed by atoms with van der Waals surface area (Å²) in [7, 11) is 1.60. The average Bonchev–Trinajstić information content (AvgIpc) is 2.90. The third kappa shape index (κ3) is 7.85. The van der Waals surface area contributed by atoms with E-state index in [1.54, 1.807) is 12.0 Å². The van der Waals surface area contributed by atoms with Crippen LogP contribution in [0.1, 0.15) is 30.0 Å². The first kappa shape index (κ1) is 27.3. The van der Waals surface area contributed by atoms with Gasteiger partial charge in [-0.3, -0.25) is 9.59 Å². The third-order valence-corrected chi connectivity index (χ3v) is 6.69. The molecule has 0 spiro atoms. The van der Waals surface area contributed by atoms with E-state index in [2.05, 4.69) is 21.2 Å². The summed E-state index contributed by atoms with van der Waals surface area (Å²) in [5, 5.41) is 2.98. The Hall–Kier alpha value is -3.32. The number of amides is 2. The van der Waals surface area contributed by atoms with Crippen LogP contribution in [0.15, 0.2) is 77.3 Å². The Morgan fingerprint density at radius 3 is 2.42 bits per heavy atom. The number of aryl methyl sites for hydroxylation is 1. The molecule has 6 nitrogen and oxygen atoms in total. The van der Waals surface area contributed by atoms with E-state index in [1.807, 2.05) is 86.6 Å². The number of carbonyl (C=O) groups is 2. The third-order valence-electron chi connectivity index (χ3n) is 5.80. The summed E-state index contributed by atoms with van der Waals surface area (Å²) in [6.45, 7) is 4.56. The van der Waals surface area contributed by atoms with E-state index in [1.165, 1.54) is 0 Å². The van der Waals surface area contributed by atoms with Crippen molar-refractivity contribution in [3.63, 3.8) is 0 Å². The van der Waals surface area contributed by atoms with Gasteiger partial charge in [0.15, 0.2) is 6.61 Å². The normalized spacial score (nSPS) is 11.4. The number of carbonyl (C=O) groups excluding carboxylic acids is 2. The molecule has 0 aliphatic carbocycles. The molecule has 0 aromatic heterocycles. The number of nitrogens with zero attached hydrogens (tertiary/aromatic N) is 1. The molecule has 0 bridgehead atoms. The van der Waals surface area contributed by atoms with Gasteiger partial charge in [0.05, 0.1) is 7.11 Å². The van der Waals surface area contributed by atoms with Crippen LogP contribution in [0.4, 0.5) is 0 Å². The van der Waals surface area contributed by atoms with Crippen molar-refractivity contribution in [3.05, 3.63) is 94.0 Å². The van der Waals surface area contributed by atoms with Gasteiger partial charge in [0.2, 0.25) is 5.91 Å². The first-order chi connectivity index (χ1) is 17.4. The molecular weight excluding hydrogens is 520 g/mol. The second kappa shape index (κ2) is 13.7. The number of nitrogens with one attached hydrogen (secondary N) is 1. The van der Waals surface area contributed by atoms with Crippen molar-refractivity contribution in [2.45, 2.75) is 39.3 Å². The number of methoxy groups -OCH3 is 1. The zero-order valence-electron chi connectivity index (χ0n) is 21.0. The Balaban J connectivity index is 1.90. The molecule has 0 radical (unpaired) electrons. The SMILES string of the molecule is CCCNC(=O)[C@H](Cc1ccccc1)N(Cc1cccc(OC)c1)C(=O)COc1ccc(Br)c(C)c1. The van der Waals surface area contributed by atoms with Crippen molar-refractivity contribution in [2.24, 2.45) is 0 Å². The van der Waals surface area contributed by atoms with Crippen LogP contribution >= 0.6 is 15.9 Å². The zero-order valence-corrected chi connectivity index (χ0v) is 22.6. The molecule has 3 aromatic carbocycles. The Morgan fingerprint density at radius 1 is 0.972 bits per heavy atom. The second-order valence-corrected chi connectivity index (χ2v) is 9.42. The summed E-state index contributed by atoms with van der Waals surface area (Å²) >= 11 is 3.48. The standard InChI is InChI=1S/C29H33BrN2O4/c1-4-15-31-29(34)27(18-22-9-6-5-7-10-22)32(19-23-11-8-12-24(17-23)35-3)28(33)20-36-25-13-14-26(30)21(2)16-25/h5-14,16-17,27H,4,15,18-20H2,1-3H3,(H,31,34)/t27-/m0/s1. The quantitative estimate of drug-likeness (QED) is 0.330. The van der Waals surface area contributed by atoms with Gasteiger partial charge in [0.1, 0.15) is 17.5 Å². The average molecular weight is 553 g/mol. The number of hydrogen-bond donors (Lipinski definition) is 1. The Morgan fingerprint density at radius 2 is 1.72 bits per heavy atom. The van der Waals surface area contributed by atoms with E-state index in [0.717, 1.165) is 27.6 Å². The number of benzene rings is 3. The molecule has 190 valence electrons. The molecule has 36 heavy (non-hydrogen) atoms. The molecule has 0 fully saturated rings. The fraction of sp³-hybridized carbons (Fsp3) is 0.310. The van der Waals surface area contributed by atoms with Gasteiger partial charge in [-0.15, -0.1) is 0 Å². The topological polar surface area (TPSA) is 67.9 Å². The summed E-state index contributed by atoms with van der Waals surface area (Å²) < 4.78 is 12.2. The highest BCUT2D eigenvalue weighted by atomic mass is 79.9. The predicted octanol–water partition coefficient (Wildman–Crippen LogP) is 5.31. The van der Waals surface area contributed by atoms with Crippen LogP contribution in [0.25, 0.3) is 0 Å². The summed E-state index contributed by atoms with van der Waals surface area (Å²) in [5.74, 6) is 0.833. The fourth-order valence-corrected chi connectivity index (χ4v) is 4.07. The molecule has 3 rings (SSSR count). The van der Waals surface area contributed by atoms with Crippen LogP contribution in [0.2, 0.25) is 0 Å². The summed E-state index contributed by atoms with van der Waals surface area (Å²) in [6, 6.07) is 22.1. The van der Waals surface area contributed by atoms with Gasteiger partial charge in [-0.05, 0) is 60.4 Å². The molecule has 1 atom stereocenters. The molecule has 0 heterocycles. The molecule has 7 heteroatoms. The van der Waals surface area contributed by atoms with Gasteiger partial charge >= 0.3 is 0 Å². The number of rotatable bonds is 12. The minimum Gasteiger partial charge on any atom is -0.497 e. The molecule has 0 aliphatic heterocycles. The van der Waals surface area contributed by atoms with Crippen LogP contribution in [-0.4, -0.2) is 43.0 Å². The van der Waals surface area contributed by atoms with E-state index < -0.39 is 6.04 Å². The van der Waals surface area contributed by atoms with Gasteiger partial charge < -0.3 is 19.7 Å². The molecule has 1 N–H and O–H groups in total. The van der Waals surface area contributed by atoms with E-state index in [4.69, 9.17) is 9.47 Å². The number of halogens is 1. The molecule has 0 saturated heterocycles. The van der Waals surface area contributed by atoms with E-state index in [-0.39, 0.29) is 25.0 Å². The molecular formula is C29H33BrN2O4. The van der Waals surface area contributed by atoms with Gasteiger partial charge in [-0.25, -0.2) is 0 Å². The maximum absolute atomic E-state index is 13.6. The monoisotopic (exact) mass is 552 g/mol. The van der Waals surface area contributed by atoms with Crippen molar-refractivity contribution < 1.29 is 19.1 Å². The lowest BCUT2D eigenvalue weighted by molar-refractivity contribution is -0.142. The molecule has 0 aliphatic rings. The van der Waals surface area contributed by atoms with E-state index in [0.29, 0.717) is 24.5 Å². The van der Waals surface area contributed by atoms with Crippen LogP contribution in [0, 0.1) is 6.92 Å². The Kier molecular flexibility index (Phi) is 10.4. The predicted molar refractivity (Wildman–Crippen MR) is 145 cm³/mol. The van der Waals surface area contributed by atoms with Crippen LogP contribution in [0.5, 0.6) is 11.5 Å². The summed E-state index contributed by atoms with van der Waals surface area (Å²) in [6.07, 6.45) is 1.20. The Labute approximate surface area is 221 Å². The summed E-state index contributed by atoms with van der Waals surface area (Å²) in [4.78, 5) is 28.6. The first-order valence-electron chi connectivity index (χ1n) is 12.0. The van der Waals surface area contributed by atoms with Crippen molar-refractivity contribution in [3.8, 4) is 11.5 Å². The van der Waals surface area contributed by atoms with E-state index >= 15 is 0 Å². The zero-order chi connectivity index (χ0) is 25.9. The number of ether oxygens (including phenoxy) is 2. The van der Waals surface area contributed by atoms with Crippen molar-refractivity contribution >= 4 is 27.7 Å². The fourth-order valence-electron chi connectivity index (χ4n) is 3.82. The van der Waals surface area contributed by atoms with Crippen molar-refractivity contribution in [2.75, 3.05) is 20.3 Å². The minimum absolute atomic E-state index is 0.183. The van der Waals surface area contributed by atoms with Crippen LogP contribution < -0.4 is 14.8 Å². The van der Waals surface area contributed by atoms with Crippen molar-refractivity contribution in [1.29, 1.82) is 0 Å². The minimum atomic E-state index is -0.701. The first-order valence-corrected chi connectivity index (χ1v) is 12.8. The molecule has 0 saturated carbocycles. The van der Waals surface area contributed by atoms with Gasteiger partial charge in [-0.1, -0.05) is 65.3 Å². The highest BCUT2D eigenvalue weighted by molar-refractivity contribution is 9.10. The lowest BCUT2D eigenvalue weighted by atomic mass is 10.0. The maximum atomic E-state index is 13.6. The lowest BCUT2D eigenvalue weighted by Gasteiger charge is -2.31. The van der Waals surface area contributed by atoms with Crippen molar-refractivity contribution in [1.82, 2.24) is 10.2 Å². The largest absolute Gasteiger partial charge is 0.497 e. The molecule has 0 unspecified atom stereocenters. The Bertz CT molecular complexity index is 1150. The highest BCUT2D eigenvalue weighted by Crippen LogP contribution is 2.22. The van der Waals surface area contributed by atoms with Crippen LogP contribution in [0.3, 0.4) is 0 Å². The maximum Gasteiger partial charge on any atom is 0.261 e. The van der Waals surface area contributed by atoms with Gasteiger partial charge in [-0.2, -0.15) is 0 Å². The second-order valence-electron chi connectivity index (χ2n) is 8.57. The highest BCUT2D eigenvalue weighted by Gasteiger charge is 2.30. The summed E-state index contributed by atoms with van der Waals surface area (Å²) in [5.41, 5.74) is 2.85. The molecule has 3 aromatic rings.